The third-order valence-corrected chi connectivity index (χ3v) is 3.08. The Labute approximate surface area is 108 Å². The second-order valence-corrected chi connectivity index (χ2v) is 4.93. The number of benzene rings is 1. The van der Waals surface area contributed by atoms with Crippen LogP contribution in [-0.2, 0) is 12.8 Å². The van der Waals surface area contributed by atoms with Crippen molar-refractivity contribution in [2.45, 2.75) is 19.7 Å². The van der Waals surface area contributed by atoms with Crippen LogP contribution in [0.25, 0.3) is 0 Å². The number of aliphatic hydroxyl groups excluding tert-OH is 1. The largest absolute Gasteiger partial charge is 0.492 e. The number of rotatable bonds is 6. The van der Waals surface area contributed by atoms with Crippen LogP contribution in [0, 0.1) is 0 Å². The van der Waals surface area contributed by atoms with Crippen LogP contribution in [0.3, 0.4) is 0 Å². The van der Waals surface area contributed by atoms with Crippen molar-refractivity contribution in [1.29, 1.82) is 0 Å². The molecule has 0 amide bonds. The third-order valence-electron chi connectivity index (χ3n) is 2.22. The summed E-state index contributed by atoms with van der Waals surface area (Å²) in [5.41, 5.74) is -0.617. The summed E-state index contributed by atoms with van der Waals surface area (Å²) in [5, 5.41) is 8.85. The van der Waals surface area contributed by atoms with E-state index in [0.29, 0.717) is 5.75 Å². The lowest BCUT2D eigenvalue weighted by atomic mass is 10.1. The molecule has 0 aromatic heterocycles. The molecule has 6 heteroatoms. The highest BCUT2D eigenvalue weighted by atomic mass is 32.2. The zero-order valence-corrected chi connectivity index (χ0v) is 10.8. The molecule has 102 valence electrons. The predicted octanol–water partition coefficient (Wildman–Crippen LogP) is 3.33. The van der Waals surface area contributed by atoms with Crippen LogP contribution in [0.2, 0.25) is 0 Å². The number of halogens is 3. The summed E-state index contributed by atoms with van der Waals surface area (Å²) in [7, 11) is 0. The van der Waals surface area contributed by atoms with Gasteiger partial charge in [-0.3, -0.25) is 0 Å². The van der Waals surface area contributed by atoms with Gasteiger partial charge in [-0.25, -0.2) is 0 Å². The van der Waals surface area contributed by atoms with Crippen molar-refractivity contribution in [2.75, 3.05) is 18.1 Å². The number of hydrogen-bond acceptors (Lipinski definition) is 3. The second-order valence-electron chi connectivity index (χ2n) is 3.53. The van der Waals surface area contributed by atoms with Gasteiger partial charge in [0.1, 0.15) is 5.75 Å². The van der Waals surface area contributed by atoms with Crippen LogP contribution in [-0.4, -0.2) is 23.2 Å². The Morgan fingerprint density at radius 2 is 2.06 bits per heavy atom. The summed E-state index contributed by atoms with van der Waals surface area (Å²) in [6, 6.07) is 3.60. The van der Waals surface area contributed by atoms with Gasteiger partial charge >= 0.3 is 6.18 Å². The van der Waals surface area contributed by atoms with Crippen molar-refractivity contribution in [3.63, 3.8) is 0 Å². The maximum absolute atomic E-state index is 12.8. The van der Waals surface area contributed by atoms with E-state index in [1.54, 1.807) is 11.8 Å². The highest BCUT2D eigenvalue weighted by molar-refractivity contribution is 7.99. The molecule has 0 bridgehead atoms. The number of aliphatic hydroxyl groups is 1. The molecule has 0 aliphatic carbocycles. The van der Waals surface area contributed by atoms with E-state index in [4.69, 9.17) is 9.84 Å². The quantitative estimate of drug-likeness (QED) is 0.810. The highest BCUT2D eigenvalue weighted by Crippen LogP contribution is 2.36. The lowest BCUT2D eigenvalue weighted by Crippen LogP contribution is -2.11. The Hall–Kier alpha value is -0.880. The van der Waals surface area contributed by atoms with Gasteiger partial charge < -0.3 is 9.84 Å². The monoisotopic (exact) mass is 280 g/mol. The van der Waals surface area contributed by atoms with Crippen molar-refractivity contribution >= 4 is 11.8 Å². The molecule has 2 nitrogen and oxygen atoms in total. The van der Waals surface area contributed by atoms with Crippen LogP contribution >= 0.6 is 11.8 Å². The molecule has 1 rings (SSSR count). The van der Waals surface area contributed by atoms with Crippen LogP contribution in [0.15, 0.2) is 18.2 Å². The Morgan fingerprint density at radius 1 is 1.33 bits per heavy atom. The maximum Gasteiger partial charge on any atom is 0.419 e. The van der Waals surface area contributed by atoms with Crippen LogP contribution in [0.4, 0.5) is 13.2 Å². The van der Waals surface area contributed by atoms with Crippen LogP contribution < -0.4 is 4.74 Å². The smallest absolute Gasteiger partial charge is 0.419 e. The van der Waals surface area contributed by atoms with E-state index >= 15 is 0 Å². The molecule has 18 heavy (non-hydrogen) atoms. The fourth-order valence-corrected chi connectivity index (χ4v) is 1.87. The standard InChI is InChI=1S/C12H15F3O2S/c1-2-18-6-5-17-11-4-3-9(8-16)7-10(11)12(13,14)15/h3-4,7,16H,2,5-6,8H2,1H3. The van der Waals surface area contributed by atoms with Gasteiger partial charge in [0.15, 0.2) is 0 Å². The van der Waals surface area contributed by atoms with Gasteiger partial charge in [0.05, 0.1) is 18.8 Å². The number of hydrogen-bond donors (Lipinski definition) is 1. The van der Waals surface area contributed by atoms with E-state index in [2.05, 4.69) is 0 Å². The highest BCUT2D eigenvalue weighted by Gasteiger charge is 2.34. The molecule has 1 aromatic carbocycles. The topological polar surface area (TPSA) is 29.5 Å². The van der Waals surface area contributed by atoms with Gasteiger partial charge in [-0.15, -0.1) is 0 Å². The number of ether oxygens (including phenoxy) is 1. The summed E-state index contributed by atoms with van der Waals surface area (Å²) in [6.07, 6.45) is -4.47. The fraction of sp³-hybridized carbons (Fsp3) is 0.500. The molecule has 1 N–H and O–H groups in total. The molecule has 0 heterocycles. The molecule has 0 saturated carbocycles. The SMILES string of the molecule is CCSCCOc1ccc(CO)cc1C(F)(F)F. The van der Waals surface area contributed by atoms with E-state index in [0.717, 1.165) is 11.8 Å². The first-order chi connectivity index (χ1) is 8.49. The average molecular weight is 280 g/mol. The Balaban J connectivity index is 2.82. The minimum absolute atomic E-state index is 0.184. The summed E-state index contributed by atoms with van der Waals surface area (Å²) in [4.78, 5) is 0. The van der Waals surface area contributed by atoms with E-state index < -0.39 is 18.3 Å². The summed E-state index contributed by atoms with van der Waals surface area (Å²) in [5.74, 6) is 1.37. The minimum Gasteiger partial charge on any atom is -0.492 e. The van der Waals surface area contributed by atoms with Crippen molar-refractivity contribution in [3.05, 3.63) is 29.3 Å². The van der Waals surface area contributed by atoms with Crippen molar-refractivity contribution < 1.29 is 23.0 Å². The van der Waals surface area contributed by atoms with Gasteiger partial charge in [0.2, 0.25) is 0 Å². The summed E-state index contributed by atoms with van der Waals surface area (Å²) in [6.45, 7) is 1.79. The zero-order chi connectivity index (χ0) is 13.6. The van der Waals surface area contributed by atoms with E-state index in [-0.39, 0.29) is 17.9 Å². The molecule has 0 fully saturated rings. The minimum atomic E-state index is -4.47. The molecule has 0 radical (unpaired) electrons. The van der Waals surface area contributed by atoms with Gasteiger partial charge in [-0.1, -0.05) is 13.0 Å². The number of alkyl halides is 3. The number of thioether (sulfide) groups is 1. The summed E-state index contributed by atoms with van der Waals surface area (Å²) >= 11 is 1.60. The first-order valence-electron chi connectivity index (χ1n) is 5.50. The second kappa shape index (κ2) is 6.89. The molecule has 0 spiro atoms. The van der Waals surface area contributed by atoms with Crippen LogP contribution in [0.1, 0.15) is 18.1 Å². The van der Waals surface area contributed by atoms with Gasteiger partial charge in [0.25, 0.3) is 0 Å². The van der Waals surface area contributed by atoms with Gasteiger partial charge in [0, 0.05) is 5.75 Å². The molecule has 0 unspecified atom stereocenters. The van der Waals surface area contributed by atoms with E-state index in [9.17, 15) is 13.2 Å². The van der Waals surface area contributed by atoms with E-state index in [1.165, 1.54) is 12.1 Å². The first kappa shape index (κ1) is 15.2. The van der Waals surface area contributed by atoms with Gasteiger partial charge in [-0.05, 0) is 23.4 Å². The molecule has 1 aromatic rings. The fourth-order valence-electron chi connectivity index (χ4n) is 1.38. The lowest BCUT2D eigenvalue weighted by molar-refractivity contribution is -0.139. The summed E-state index contributed by atoms with van der Waals surface area (Å²) < 4.78 is 43.5. The first-order valence-corrected chi connectivity index (χ1v) is 6.66. The van der Waals surface area contributed by atoms with Crippen molar-refractivity contribution in [1.82, 2.24) is 0 Å². The van der Waals surface area contributed by atoms with Crippen LogP contribution in [0.5, 0.6) is 5.75 Å². The maximum atomic E-state index is 12.8. The molecule has 0 atom stereocenters. The van der Waals surface area contributed by atoms with Gasteiger partial charge in [-0.2, -0.15) is 24.9 Å². The Bertz CT molecular complexity index is 380. The molecular weight excluding hydrogens is 265 g/mol. The van der Waals surface area contributed by atoms with Crippen molar-refractivity contribution in [3.8, 4) is 5.75 Å². The average Bonchev–Trinajstić information content (AvgIpc) is 2.33. The molecular formula is C12H15F3O2S. The molecule has 0 aliphatic heterocycles. The Kier molecular flexibility index (Phi) is 5.81. The zero-order valence-electron chi connectivity index (χ0n) is 9.96. The molecule has 0 aliphatic rings. The normalized spacial score (nSPS) is 11.6. The van der Waals surface area contributed by atoms with E-state index in [1.807, 2.05) is 6.92 Å². The lowest BCUT2D eigenvalue weighted by Gasteiger charge is -2.14. The predicted molar refractivity (Wildman–Crippen MR) is 65.9 cm³/mol. The molecule has 0 saturated heterocycles. The van der Waals surface area contributed by atoms with Crippen molar-refractivity contribution in [2.24, 2.45) is 0 Å². The Morgan fingerprint density at radius 3 is 2.61 bits per heavy atom. The third kappa shape index (κ3) is 4.42.